The molecule has 1 aliphatic rings. The lowest BCUT2D eigenvalue weighted by Crippen LogP contribution is -2.56. The lowest BCUT2D eigenvalue weighted by molar-refractivity contribution is -0.0849. The highest BCUT2D eigenvalue weighted by Gasteiger charge is 2.40. The van der Waals surface area contributed by atoms with Crippen LogP contribution in [0, 0.1) is 6.92 Å². The Morgan fingerprint density at radius 1 is 1.13 bits per heavy atom. The maximum Gasteiger partial charge on any atom is 0.190 e. The molecule has 0 aromatic heterocycles. The summed E-state index contributed by atoms with van der Waals surface area (Å²) in [5.74, 6) is 2.19. The van der Waals surface area contributed by atoms with Gasteiger partial charge >= 0.3 is 0 Å². The van der Waals surface area contributed by atoms with E-state index in [4.69, 9.17) is 9.47 Å². The van der Waals surface area contributed by atoms with Crippen molar-refractivity contribution >= 4 is 12.4 Å². The van der Waals surface area contributed by atoms with Gasteiger partial charge in [0.05, 0.1) is 12.2 Å². The summed E-state index contributed by atoms with van der Waals surface area (Å²) in [5, 5.41) is 13.7. The highest BCUT2D eigenvalue weighted by atomic mass is 35.5. The third kappa shape index (κ3) is 5.02. The average Bonchev–Trinajstić information content (AvgIpc) is 2.71. The predicted molar refractivity (Wildman–Crippen MR) is 124 cm³/mol. The van der Waals surface area contributed by atoms with Gasteiger partial charge in [-0.25, -0.2) is 0 Å². The van der Waals surface area contributed by atoms with Crippen LogP contribution < -0.4 is 14.8 Å². The molecule has 1 unspecified atom stereocenters. The molecule has 30 heavy (non-hydrogen) atoms. The van der Waals surface area contributed by atoms with Crippen LogP contribution in [-0.2, 0) is 5.72 Å². The molecule has 2 N–H and O–H groups in total. The second-order valence-electron chi connectivity index (χ2n) is 8.08. The Morgan fingerprint density at radius 2 is 1.80 bits per heavy atom. The first-order chi connectivity index (χ1) is 13.9. The molecule has 6 heteroatoms. The number of benzene rings is 2. The number of hydrogen-bond acceptors (Lipinski definition) is 5. The zero-order valence-electron chi connectivity index (χ0n) is 18.7. The maximum absolute atomic E-state index is 10.3. The number of nitrogens with one attached hydrogen (secondary N) is 1. The first-order valence-corrected chi connectivity index (χ1v) is 10.6. The van der Waals surface area contributed by atoms with Gasteiger partial charge in [-0.1, -0.05) is 26.0 Å². The van der Waals surface area contributed by atoms with Crippen LogP contribution in [0.25, 0.3) is 0 Å². The fourth-order valence-corrected chi connectivity index (χ4v) is 3.95. The van der Waals surface area contributed by atoms with Crippen LogP contribution >= 0.6 is 12.4 Å². The summed E-state index contributed by atoms with van der Waals surface area (Å²) in [6.07, 6.45) is 0. The number of nitrogens with zero attached hydrogens (tertiary/aromatic N) is 1. The van der Waals surface area contributed by atoms with E-state index in [0.717, 1.165) is 54.4 Å². The van der Waals surface area contributed by atoms with Gasteiger partial charge in [-0.3, -0.25) is 4.90 Å². The Balaban J connectivity index is 0.00000320. The number of hydrogen-bond donors (Lipinski definition) is 2. The molecule has 1 heterocycles. The normalized spacial score (nSPS) is 16.6. The number of rotatable bonds is 7. The third-order valence-electron chi connectivity index (χ3n) is 5.67. The van der Waals surface area contributed by atoms with Crippen molar-refractivity contribution in [1.29, 1.82) is 0 Å². The average molecular weight is 435 g/mol. The Morgan fingerprint density at radius 3 is 2.43 bits per heavy atom. The van der Waals surface area contributed by atoms with E-state index in [1.807, 2.05) is 44.2 Å². The topological polar surface area (TPSA) is 54.0 Å². The molecule has 5 nitrogen and oxygen atoms in total. The standard InChI is InChI=1S/C24H34N2O3.ClH/c1-6-28-22-10-8-7-9-20(22)24(5,26-13-11-25-12-14-26)29-23-15-18(4)21(27)16-19(23)17(2)3;/h7-10,15-17,25,27H,6,11-14H2,1-5H3;1H. The molecule has 1 aliphatic heterocycles. The molecule has 0 bridgehead atoms. The number of phenolic OH excluding ortho intramolecular Hbond substituents is 1. The van der Waals surface area contributed by atoms with Gasteiger partial charge in [0.2, 0.25) is 0 Å². The zero-order chi connectivity index (χ0) is 21.0. The van der Waals surface area contributed by atoms with Crippen molar-refractivity contribution in [2.75, 3.05) is 32.8 Å². The van der Waals surface area contributed by atoms with Crippen molar-refractivity contribution in [2.45, 2.75) is 46.3 Å². The summed E-state index contributed by atoms with van der Waals surface area (Å²) in [4.78, 5) is 2.37. The zero-order valence-corrected chi connectivity index (χ0v) is 19.5. The quantitative estimate of drug-likeness (QED) is 0.655. The fraction of sp³-hybridized carbons (Fsp3) is 0.500. The predicted octanol–water partition coefficient (Wildman–Crippen LogP) is 4.80. The minimum atomic E-state index is -0.694. The number of phenols is 1. The molecule has 0 aliphatic carbocycles. The smallest absolute Gasteiger partial charge is 0.190 e. The van der Waals surface area contributed by atoms with Crippen LogP contribution in [0.2, 0.25) is 0 Å². The van der Waals surface area contributed by atoms with E-state index in [2.05, 4.69) is 37.1 Å². The van der Waals surface area contributed by atoms with Gasteiger partial charge in [0.25, 0.3) is 0 Å². The summed E-state index contributed by atoms with van der Waals surface area (Å²) >= 11 is 0. The number of aryl methyl sites for hydroxylation is 1. The van der Waals surface area contributed by atoms with Crippen molar-refractivity contribution in [3.8, 4) is 17.2 Å². The van der Waals surface area contributed by atoms with E-state index in [1.54, 1.807) is 0 Å². The van der Waals surface area contributed by atoms with Gasteiger partial charge in [-0.05, 0) is 56.5 Å². The van der Waals surface area contributed by atoms with Crippen LogP contribution in [0.5, 0.6) is 17.2 Å². The summed E-state index contributed by atoms with van der Waals surface area (Å²) in [5.41, 5.74) is 2.14. The monoisotopic (exact) mass is 434 g/mol. The van der Waals surface area contributed by atoms with E-state index in [9.17, 15) is 5.11 Å². The first-order valence-electron chi connectivity index (χ1n) is 10.6. The first kappa shape index (κ1) is 24.3. The lowest BCUT2D eigenvalue weighted by atomic mass is 9.97. The van der Waals surface area contributed by atoms with E-state index in [0.29, 0.717) is 12.4 Å². The van der Waals surface area contributed by atoms with Crippen LogP contribution in [-0.4, -0.2) is 42.8 Å². The second-order valence-corrected chi connectivity index (χ2v) is 8.08. The summed E-state index contributed by atoms with van der Waals surface area (Å²) < 4.78 is 12.8. The van der Waals surface area contributed by atoms with Crippen LogP contribution in [0.15, 0.2) is 36.4 Å². The van der Waals surface area contributed by atoms with E-state index in [1.165, 1.54) is 0 Å². The SMILES string of the molecule is CCOc1ccccc1C(C)(Oc1cc(C)c(O)cc1C(C)C)N1CCNCC1.Cl. The molecule has 0 amide bonds. The van der Waals surface area contributed by atoms with Gasteiger partial charge < -0.3 is 19.9 Å². The number of aromatic hydroxyl groups is 1. The Labute approximate surface area is 186 Å². The minimum Gasteiger partial charge on any atom is -0.508 e. The molecular weight excluding hydrogens is 400 g/mol. The van der Waals surface area contributed by atoms with Crippen molar-refractivity contribution in [2.24, 2.45) is 0 Å². The van der Waals surface area contributed by atoms with Gasteiger partial charge in [-0.2, -0.15) is 0 Å². The van der Waals surface area contributed by atoms with E-state index >= 15 is 0 Å². The number of piperazine rings is 1. The second kappa shape index (κ2) is 10.4. The molecule has 3 rings (SSSR count). The van der Waals surface area contributed by atoms with Crippen molar-refractivity contribution < 1.29 is 14.6 Å². The van der Waals surface area contributed by atoms with Crippen LogP contribution in [0.3, 0.4) is 0 Å². The van der Waals surface area contributed by atoms with Crippen LogP contribution in [0.4, 0.5) is 0 Å². The van der Waals surface area contributed by atoms with Gasteiger partial charge in [0.1, 0.15) is 17.2 Å². The van der Waals surface area contributed by atoms with E-state index in [-0.39, 0.29) is 18.3 Å². The Hall–Kier alpha value is -1.95. The molecule has 1 fully saturated rings. The number of ether oxygens (including phenoxy) is 2. The van der Waals surface area contributed by atoms with Crippen LogP contribution in [0.1, 0.15) is 50.3 Å². The van der Waals surface area contributed by atoms with E-state index < -0.39 is 5.72 Å². The number of para-hydroxylation sites is 1. The summed E-state index contributed by atoms with van der Waals surface area (Å²) in [6.45, 7) is 14.5. The highest BCUT2D eigenvalue weighted by molar-refractivity contribution is 5.85. The largest absolute Gasteiger partial charge is 0.508 e. The van der Waals surface area contributed by atoms with Gasteiger partial charge in [0, 0.05) is 31.7 Å². The fourth-order valence-electron chi connectivity index (χ4n) is 3.95. The third-order valence-corrected chi connectivity index (χ3v) is 5.67. The minimum absolute atomic E-state index is 0. The molecule has 2 aromatic rings. The van der Waals surface area contributed by atoms with Crippen molar-refractivity contribution in [3.05, 3.63) is 53.1 Å². The summed E-state index contributed by atoms with van der Waals surface area (Å²) in [6, 6.07) is 11.9. The Bertz CT molecular complexity index is 837. The molecule has 1 atom stereocenters. The number of halogens is 1. The highest BCUT2D eigenvalue weighted by Crippen LogP contribution is 2.41. The van der Waals surface area contributed by atoms with Gasteiger partial charge in [0.15, 0.2) is 5.72 Å². The molecule has 0 radical (unpaired) electrons. The maximum atomic E-state index is 10.3. The molecule has 0 spiro atoms. The summed E-state index contributed by atoms with van der Waals surface area (Å²) in [7, 11) is 0. The molecular formula is C24H35ClN2O3. The van der Waals surface area contributed by atoms with Crippen molar-refractivity contribution in [1.82, 2.24) is 10.2 Å². The molecule has 2 aromatic carbocycles. The Kier molecular flexibility index (Phi) is 8.42. The molecule has 0 saturated carbocycles. The molecule has 1 saturated heterocycles. The van der Waals surface area contributed by atoms with Crippen molar-refractivity contribution in [3.63, 3.8) is 0 Å². The van der Waals surface area contributed by atoms with Gasteiger partial charge in [-0.15, -0.1) is 12.4 Å². The lowest BCUT2D eigenvalue weighted by Gasteiger charge is -2.44. The molecule has 166 valence electrons.